The van der Waals surface area contributed by atoms with Crippen LogP contribution in [0.2, 0.25) is 0 Å². The highest BCUT2D eigenvalue weighted by atomic mass is 15.1. The Hall–Kier alpha value is -1.57. The van der Waals surface area contributed by atoms with E-state index in [0.29, 0.717) is 0 Å². The second-order valence-electron chi connectivity index (χ2n) is 5.22. The first-order valence-electron chi connectivity index (χ1n) is 5.60. The molecule has 84 valence electrons. The van der Waals surface area contributed by atoms with Gasteiger partial charge >= 0.3 is 0 Å². The van der Waals surface area contributed by atoms with Gasteiger partial charge in [-0.15, -0.1) is 0 Å². The van der Waals surface area contributed by atoms with Crippen molar-refractivity contribution < 1.29 is 0 Å². The van der Waals surface area contributed by atoms with E-state index < -0.39 is 0 Å². The number of rotatable bonds is 1. The molecule has 0 amide bonds. The number of aromatic amines is 1. The van der Waals surface area contributed by atoms with Gasteiger partial charge in [0.05, 0.1) is 11.9 Å². The van der Waals surface area contributed by atoms with Gasteiger partial charge in [0, 0.05) is 5.56 Å². The van der Waals surface area contributed by atoms with Gasteiger partial charge in [0.1, 0.15) is 0 Å². The van der Waals surface area contributed by atoms with E-state index in [4.69, 9.17) is 0 Å². The number of nitrogens with one attached hydrogen (secondary N) is 1. The summed E-state index contributed by atoms with van der Waals surface area (Å²) in [7, 11) is 0. The summed E-state index contributed by atoms with van der Waals surface area (Å²) >= 11 is 0. The molecule has 0 unspecified atom stereocenters. The van der Waals surface area contributed by atoms with Crippen LogP contribution in [0, 0.1) is 6.92 Å². The maximum atomic E-state index is 4.10. The van der Waals surface area contributed by atoms with Crippen LogP contribution in [0.25, 0.3) is 11.3 Å². The highest BCUT2D eigenvalue weighted by Gasteiger charge is 2.19. The molecule has 0 atom stereocenters. The zero-order chi connectivity index (χ0) is 11.8. The highest BCUT2D eigenvalue weighted by Crippen LogP contribution is 2.32. The fraction of sp³-hybridized carbons (Fsp3) is 0.357. The Balaban J connectivity index is 2.62. The Morgan fingerprint density at radius 1 is 1.12 bits per heavy atom. The predicted octanol–water partition coefficient (Wildman–Crippen LogP) is 3.68. The number of H-pyrrole nitrogens is 1. The summed E-state index contributed by atoms with van der Waals surface area (Å²) in [4.78, 5) is 0. The minimum absolute atomic E-state index is 0.147. The van der Waals surface area contributed by atoms with Crippen LogP contribution in [0.15, 0.2) is 30.5 Å². The largest absolute Gasteiger partial charge is 0.278 e. The lowest BCUT2D eigenvalue weighted by Gasteiger charge is -2.22. The summed E-state index contributed by atoms with van der Waals surface area (Å²) in [6, 6.07) is 8.51. The van der Waals surface area contributed by atoms with Crippen LogP contribution in [-0.4, -0.2) is 10.2 Å². The Bertz CT molecular complexity index is 489. The molecule has 0 aliphatic rings. The van der Waals surface area contributed by atoms with E-state index in [0.717, 1.165) is 5.69 Å². The summed E-state index contributed by atoms with van der Waals surface area (Å²) < 4.78 is 0. The summed E-state index contributed by atoms with van der Waals surface area (Å²) in [5.74, 6) is 0. The molecule has 0 aliphatic carbocycles. The molecule has 0 saturated carbocycles. The van der Waals surface area contributed by atoms with Crippen LogP contribution in [0.1, 0.15) is 31.9 Å². The van der Waals surface area contributed by atoms with Crippen molar-refractivity contribution in [1.82, 2.24) is 10.2 Å². The van der Waals surface area contributed by atoms with E-state index in [2.05, 4.69) is 62.2 Å². The van der Waals surface area contributed by atoms with Gasteiger partial charge < -0.3 is 0 Å². The number of aryl methyl sites for hydroxylation is 1. The van der Waals surface area contributed by atoms with Crippen LogP contribution in [0.5, 0.6) is 0 Å². The Morgan fingerprint density at radius 3 is 2.38 bits per heavy atom. The van der Waals surface area contributed by atoms with Crippen LogP contribution >= 0.6 is 0 Å². The standard InChI is InChI=1S/C14H18N2/c1-10-9-15-16-13(10)11-7-5-6-8-12(11)14(2,3)4/h5-9H,1-4H3,(H,15,16). The van der Waals surface area contributed by atoms with Crippen molar-refractivity contribution in [1.29, 1.82) is 0 Å². The third-order valence-electron chi connectivity index (χ3n) is 2.83. The summed E-state index contributed by atoms with van der Waals surface area (Å²) in [6.45, 7) is 8.78. The Kier molecular flexibility index (Phi) is 2.58. The number of nitrogens with zero attached hydrogens (tertiary/aromatic N) is 1. The SMILES string of the molecule is Cc1cn[nH]c1-c1ccccc1C(C)(C)C. The van der Waals surface area contributed by atoms with E-state index in [-0.39, 0.29) is 5.41 Å². The number of hydrogen-bond donors (Lipinski definition) is 1. The van der Waals surface area contributed by atoms with Crippen molar-refractivity contribution in [3.63, 3.8) is 0 Å². The lowest BCUT2D eigenvalue weighted by atomic mass is 9.82. The minimum atomic E-state index is 0.147. The van der Waals surface area contributed by atoms with Crippen molar-refractivity contribution in [2.24, 2.45) is 0 Å². The van der Waals surface area contributed by atoms with Gasteiger partial charge in [-0.25, -0.2) is 0 Å². The maximum absolute atomic E-state index is 4.10. The van der Waals surface area contributed by atoms with E-state index in [1.54, 1.807) is 0 Å². The topological polar surface area (TPSA) is 28.7 Å². The quantitative estimate of drug-likeness (QED) is 0.770. The second-order valence-corrected chi connectivity index (χ2v) is 5.22. The van der Waals surface area contributed by atoms with Gasteiger partial charge in [-0.05, 0) is 23.5 Å². The Morgan fingerprint density at radius 2 is 1.81 bits per heavy atom. The zero-order valence-electron chi connectivity index (χ0n) is 10.3. The van der Waals surface area contributed by atoms with Crippen LogP contribution in [0.4, 0.5) is 0 Å². The lowest BCUT2D eigenvalue weighted by molar-refractivity contribution is 0.591. The predicted molar refractivity (Wildman–Crippen MR) is 67.5 cm³/mol. The maximum Gasteiger partial charge on any atom is 0.0682 e. The normalized spacial score (nSPS) is 11.8. The van der Waals surface area contributed by atoms with E-state index >= 15 is 0 Å². The average Bonchev–Trinajstić information content (AvgIpc) is 2.63. The average molecular weight is 214 g/mol. The molecule has 0 fully saturated rings. The van der Waals surface area contributed by atoms with Crippen molar-refractivity contribution in [3.8, 4) is 11.3 Å². The molecule has 1 aromatic heterocycles. The van der Waals surface area contributed by atoms with E-state index in [1.807, 2.05) is 6.20 Å². The van der Waals surface area contributed by atoms with Crippen LogP contribution < -0.4 is 0 Å². The molecule has 0 spiro atoms. The molecule has 2 nitrogen and oxygen atoms in total. The molecule has 2 rings (SSSR count). The molecule has 0 bridgehead atoms. The first kappa shape index (κ1) is 10.9. The summed E-state index contributed by atoms with van der Waals surface area (Å²) in [6.07, 6.45) is 1.87. The number of hydrogen-bond acceptors (Lipinski definition) is 1. The molecular weight excluding hydrogens is 196 g/mol. The summed E-state index contributed by atoms with van der Waals surface area (Å²) in [5.41, 5.74) is 5.07. The monoisotopic (exact) mass is 214 g/mol. The van der Waals surface area contributed by atoms with E-state index in [9.17, 15) is 0 Å². The molecule has 2 aromatic rings. The third kappa shape index (κ3) is 1.87. The Labute approximate surface area is 96.7 Å². The van der Waals surface area contributed by atoms with Crippen LogP contribution in [-0.2, 0) is 5.41 Å². The highest BCUT2D eigenvalue weighted by molar-refractivity contribution is 5.67. The number of benzene rings is 1. The van der Waals surface area contributed by atoms with Crippen molar-refractivity contribution in [3.05, 3.63) is 41.6 Å². The van der Waals surface area contributed by atoms with Gasteiger partial charge in [-0.3, -0.25) is 5.10 Å². The first-order chi connectivity index (χ1) is 7.50. The molecule has 16 heavy (non-hydrogen) atoms. The molecule has 0 radical (unpaired) electrons. The van der Waals surface area contributed by atoms with Crippen molar-refractivity contribution >= 4 is 0 Å². The molecule has 1 heterocycles. The molecular formula is C14H18N2. The second kappa shape index (κ2) is 3.78. The van der Waals surface area contributed by atoms with E-state index in [1.165, 1.54) is 16.7 Å². The molecule has 0 aliphatic heterocycles. The van der Waals surface area contributed by atoms with Crippen molar-refractivity contribution in [2.75, 3.05) is 0 Å². The third-order valence-corrected chi connectivity index (χ3v) is 2.83. The molecule has 0 saturated heterocycles. The van der Waals surface area contributed by atoms with Gasteiger partial charge in [0.15, 0.2) is 0 Å². The molecule has 1 N–H and O–H groups in total. The zero-order valence-corrected chi connectivity index (χ0v) is 10.3. The van der Waals surface area contributed by atoms with Gasteiger partial charge in [0.25, 0.3) is 0 Å². The smallest absolute Gasteiger partial charge is 0.0682 e. The fourth-order valence-electron chi connectivity index (χ4n) is 1.97. The van der Waals surface area contributed by atoms with Gasteiger partial charge in [-0.2, -0.15) is 5.10 Å². The first-order valence-corrected chi connectivity index (χ1v) is 5.60. The van der Waals surface area contributed by atoms with Gasteiger partial charge in [0.2, 0.25) is 0 Å². The summed E-state index contributed by atoms with van der Waals surface area (Å²) in [5, 5.41) is 7.18. The fourth-order valence-corrected chi connectivity index (χ4v) is 1.97. The lowest BCUT2D eigenvalue weighted by Crippen LogP contribution is -2.12. The molecule has 2 heteroatoms. The number of aromatic nitrogens is 2. The van der Waals surface area contributed by atoms with Crippen LogP contribution in [0.3, 0.4) is 0 Å². The van der Waals surface area contributed by atoms with Gasteiger partial charge in [-0.1, -0.05) is 45.0 Å². The minimum Gasteiger partial charge on any atom is -0.278 e. The molecule has 1 aromatic carbocycles. The van der Waals surface area contributed by atoms with Crippen molar-refractivity contribution in [2.45, 2.75) is 33.1 Å².